The van der Waals surface area contributed by atoms with E-state index in [-0.39, 0.29) is 169 Å². The number of hydrogen-bond acceptors (Lipinski definition) is 27. The van der Waals surface area contributed by atoms with Crippen molar-refractivity contribution in [3.63, 3.8) is 0 Å². The average Bonchev–Trinajstić information content (AvgIpc) is 0.828. The van der Waals surface area contributed by atoms with Crippen molar-refractivity contribution in [2.75, 3.05) is 99.6 Å². The van der Waals surface area contributed by atoms with Crippen LogP contribution in [0, 0.1) is 36.0 Å². The van der Waals surface area contributed by atoms with Gasteiger partial charge in [0.2, 0.25) is 0 Å². The van der Waals surface area contributed by atoms with Crippen molar-refractivity contribution in [2.24, 2.45) is 0 Å². The SMILES string of the molecule is C#Cc1cc(CN(Cc2cc(C#Cc3c(OCC(=O)OCC)cc(OCC(=O)OCC)cc3OCC(=O)OCC)cc(CN(Cc3cc(C#Cc4c(OC)cc(OCC(=O)OCC)cc4OCC(=O)OCC)cc(C(=O)OCC)n3)C(=O)OCC)n2)C(=O)OCC)nc(C(=O)OCC)c1. The lowest BCUT2D eigenvalue weighted by molar-refractivity contribution is -0.146. The lowest BCUT2D eigenvalue weighted by Crippen LogP contribution is -2.33. The van der Waals surface area contributed by atoms with Gasteiger partial charge in [0.1, 0.15) is 57.0 Å². The third kappa shape index (κ3) is 25.7. The van der Waals surface area contributed by atoms with Gasteiger partial charge < -0.3 is 71.1 Å². The first-order valence-electron chi connectivity index (χ1n) is 31.3. The van der Waals surface area contributed by atoms with Crippen LogP contribution in [-0.4, -0.2) is 178 Å². The zero-order valence-electron chi connectivity index (χ0n) is 56.6. The molecular weight excluding hydrogens is 1290 g/mol. The number of methoxy groups -OCH3 is 1. The van der Waals surface area contributed by atoms with Crippen LogP contribution < -0.4 is 28.4 Å². The number of esters is 7. The standard InChI is InChI=1S/C70H77N5O24/c1-12-45-26-50(72-56(30-45)67(81)91-18-7)38-74(69(83)93-20-9)36-48-27-46(22-25-55-60(98-43-65(79)89-16-5)34-53(96-41-63(77)87-14-3)35-61(55)99-44-66(80)90-17-6)28-49(71-48)37-75(70(84)94-21-10)39-51-29-47(31-57(73-51)68(82)92-19-8)23-24-54-58(85-11)32-52(95-40-62(76)86-13-2)33-59(54)97-42-64(78)88-15-4/h1,26-35H,13-21,36-44H2,2-11H3. The minimum atomic E-state index is -0.895. The summed E-state index contributed by atoms with van der Waals surface area (Å²) < 4.78 is 81.9. The van der Waals surface area contributed by atoms with Crippen LogP contribution in [0.4, 0.5) is 9.59 Å². The van der Waals surface area contributed by atoms with Gasteiger partial charge in [-0.05, 0) is 98.7 Å². The van der Waals surface area contributed by atoms with Crippen LogP contribution in [0.2, 0.25) is 0 Å². The van der Waals surface area contributed by atoms with E-state index in [0.717, 1.165) is 0 Å². The van der Waals surface area contributed by atoms with E-state index in [0.29, 0.717) is 0 Å². The van der Waals surface area contributed by atoms with Gasteiger partial charge in [-0.2, -0.15) is 0 Å². The molecule has 5 aromatic rings. The van der Waals surface area contributed by atoms with Gasteiger partial charge >= 0.3 is 54.0 Å². The Morgan fingerprint density at radius 1 is 0.354 bits per heavy atom. The zero-order valence-corrected chi connectivity index (χ0v) is 56.6. The Labute approximate surface area is 572 Å². The van der Waals surface area contributed by atoms with Crippen molar-refractivity contribution in [2.45, 2.75) is 88.5 Å². The van der Waals surface area contributed by atoms with E-state index in [1.165, 1.54) is 77.6 Å². The van der Waals surface area contributed by atoms with E-state index in [2.05, 4.69) is 39.6 Å². The molecule has 29 nitrogen and oxygen atoms in total. The van der Waals surface area contributed by atoms with Gasteiger partial charge in [-0.1, -0.05) is 29.6 Å². The lowest BCUT2D eigenvalue weighted by Gasteiger charge is -2.24. The van der Waals surface area contributed by atoms with Crippen LogP contribution in [0.25, 0.3) is 0 Å². The van der Waals surface area contributed by atoms with Gasteiger partial charge in [0.25, 0.3) is 0 Å². The van der Waals surface area contributed by atoms with Gasteiger partial charge in [-0.15, -0.1) is 6.42 Å². The molecule has 29 heteroatoms. The van der Waals surface area contributed by atoms with E-state index < -0.39 is 100 Å². The topological polar surface area (TPSA) is 337 Å². The Morgan fingerprint density at radius 3 is 0.980 bits per heavy atom. The molecule has 2 amide bonds. The summed E-state index contributed by atoms with van der Waals surface area (Å²) in [6, 6.07) is 14.1. The normalized spacial score (nSPS) is 10.2. The molecule has 0 saturated heterocycles. The number of nitrogens with zero attached hydrogens (tertiary/aromatic N) is 5. The van der Waals surface area contributed by atoms with Crippen molar-refractivity contribution in [3.05, 3.63) is 123 Å². The maximum absolute atomic E-state index is 14.3. The molecule has 0 aliphatic carbocycles. The lowest BCUT2D eigenvalue weighted by atomic mass is 10.1. The molecule has 0 atom stereocenters. The van der Waals surface area contributed by atoms with Crippen LogP contribution in [-0.2, 0) is 92.8 Å². The first kappa shape index (κ1) is 77.9. The minimum Gasteiger partial charge on any atom is -0.495 e. The third-order valence-corrected chi connectivity index (χ3v) is 12.5. The first-order valence-corrected chi connectivity index (χ1v) is 31.3. The molecule has 526 valence electrons. The number of benzene rings is 2. The molecule has 2 aromatic carbocycles. The van der Waals surface area contributed by atoms with Crippen molar-refractivity contribution >= 4 is 54.0 Å². The Kier molecular flexibility index (Phi) is 32.4. The average molecular weight is 1370 g/mol. The van der Waals surface area contributed by atoms with Crippen LogP contribution >= 0.6 is 0 Å². The summed E-state index contributed by atoms with van der Waals surface area (Å²) in [6.07, 6.45) is 4.05. The molecule has 0 aliphatic rings. The predicted octanol–water partition coefficient (Wildman–Crippen LogP) is 7.04. The van der Waals surface area contributed by atoms with Crippen molar-refractivity contribution in [3.8, 4) is 70.5 Å². The highest BCUT2D eigenvalue weighted by atomic mass is 16.6. The van der Waals surface area contributed by atoms with Crippen LogP contribution in [0.3, 0.4) is 0 Å². The van der Waals surface area contributed by atoms with Crippen LogP contribution in [0.1, 0.15) is 134 Å². The molecule has 0 aliphatic heterocycles. The van der Waals surface area contributed by atoms with E-state index in [1.807, 2.05) is 0 Å². The summed E-state index contributed by atoms with van der Waals surface area (Å²) in [5.41, 5.74) is 0.673. The van der Waals surface area contributed by atoms with Crippen molar-refractivity contribution in [1.29, 1.82) is 0 Å². The highest BCUT2D eigenvalue weighted by molar-refractivity contribution is 5.88. The van der Waals surface area contributed by atoms with Crippen molar-refractivity contribution < 1.29 is 114 Å². The number of hydrogen-bond donors (Lipinski definition) is 0. The highest BCUT2D eigenvalue weighted by Gasteiger charge is 2.25. The fraction of sp³-hybridized carbons (Fsp3) is 0.400. The smallest absolute Gasteiger partial charge is 0.410 e. The Hall–Kier alpha value is -11.8. The minimum absolute atomic E-state index is 0.0124. The maximum atomic E-state index is 14.3. The molecule has 0 bridgehead atoms. The number of rotatable bonds is 35. The van der Waals surface area contributed by atoms with Gasteiger partial charge in [0, 0.05) is 41.0 Å². The summed E-state index contributed by atoms with van der Waals surface area (Å²) in [4.78, 5) is 134. The Morgan fingerprint density at radius 2 is 0.646 bits per heavy atom. The quantitative estimate of drug-likeness (QED) is 0.0223. The van der Waals surface area contributed by atoms with E-state index >= 15 is 0 Å². The maximum Gasteiger partial charge on any atom is 0.410 e. The predicted molar refractivity (Wildman–Crippen MR) is 347 cm³/mol. The molecule has 99 heavy (non-hydrogen) atoms. The fourth-order valence-electron chi connectivity index (χ4n) is 8.60. The molecule has 0 radical (unpaired) electrons. The van der Waals surface area contributed by atoms with Crippen LogP contribution in [0.15, 0.2) is 60.7 Å². The van der Waals surface area contributed by atoms with Gasteiger partial charge in [-0.3, -0.25) is 14.8 Å². The summed E-state index contributed by atoms with van der Waals surface area (Å²) in [7, 11) is 1.34. The molecule has 0 fully saturated rings. The molecule has 0 saturated carbocycles. The summed E-state index contributed by atoms with van der Waals surface area (Å²) in [5.74, 6) is 9.09. The second-order valence-corrected chi connectivity index (χ2v) is 19.8. The zero-order chi connectivity index (χ0) is 72.2. The molecule has 0 N–H and O–H groups in total. The number of terminal acetylenes is 1. The fourth-order valence-corrected chi connectivity index (χ4v) is 8.60. The van der Waals surface area contributed by atoms with E-state index in [4.69, 9.17) is 82.5 Å². The highest BCUT2D eigenvalue weighted by Crippen LogP contribution is 2.36. The molecule has 0 unspecified atom stereocenters. The second-order valence-electron chi connectivity index (χ2n) is 19.8. The molecule has 0 spiro atoms. The molecule has 5 rings (SSSR count). The summed E-state index contributed by atoms with van der Waals surface area (Å²) in [6.45, 7) is 10.1. The third-order valence-electron chi connectivity index (χ3n) is 12.5. The summed E-state index contributed by atoms with van der Waals surface area (Å²) >= 11 is 0. The first-order chi connectivity index (χ1) is 47.7. The van der Waals surface area contributed by atoms with E-state index in [9.17, 15) is 43.2 Å². The van der Waals surface area contributed by atoms with Gasteiger partial charge in [0.15, 0.2) is 33.0 Å². The molecule has 3 aromatic heterocycles. The molecular formula is C70H77N5O24. The van der Waals surface area contributed by atoms with E-state index in [1.54, 1.807) is 62.3 Å². The monoisotopic (exact) mass is 1370 g/mol. The van der Waals surface area contributed by atoms with Gasteiger partial charge in [0.05, 0.1) is 116 Å². The number of carbonyl (C=O) groups is 9. The Bertz CT molecular complexity index is 3820. The largest absolute Gasteiger partial charge is 0.495 e. The summed E-state index contributed by atoms with van der Waals surface area (Å²) in [5, 5.41) is 0. The number of amides is 2. The number of aromatic nitrogens is 3. The number of ether oxygens (including phenoxy) is 15. The Balaban J connectivity index is 1.76. The number of pyridine rings is 3. The molecule has 3 heterocycles. The van der Waals surface area contributed by atoms with Gasteiger partial charge in [-0.25, -0.2) is 53.1 Å². The number of carbonyl (C=O) groups excluding carboxylic acids is 9. The van der Waals surface area contributed by atoms with Crippen molar-refractivity contribution in [1.82, 2.24) is 24.8 Å². The second kappa shape index (κ2) is 41.2. The van der Waals surface area contributed by atoms with Crippen LogP contribution in [0.5, 0.6) is 34.5 Å².